The van der Waals surface area contributed by atoms with Gasteiger partial charge in [-0.1, -0.05) is 26.2 Å². The molecule has 0 saturated heterocycles. The van der Waals surface area contributed by atoms with E-state index < -0.39 is 0 Å². The highest BCUT2D eigenvalue weighted by atomic mass is 16.1. The lowest BCUT2D eigenvalue weighted by atomic mass is 10.1. The molecule has 1 heterocycles. The molecule has 0 radical (unpaired) electrons. The minimum absolute atomic E-state index is 0.103. The van der Waals surface area contributed by atoms with E-state index in [4.69, 9.17) is 5.73 Å². The average molecular weight is 195 g/mol. The molecule has 0 aliphatic rings. The van der Waals surface area contributed by atoms with Crippen LogP contribution < -0.4 is 11.3 Å². The molecular weight excluding hydrogens is 178 g/mol. The molecule has 0 amide bonds. The summed E-state index contributed by atoms with van der Waals surface area (Å²) in [4.78, 5) is 17.7. The molecule has 4 heteroatoms. The minimum atomic E-state index is -0.103. The van der Waals surface area contributed by atoms with Gasteiger partial charge in [0.2, 0.25) is 0 Å². The highest BCUT2D eigenvalue weighted by Crippen LogP contribution is 2.03. The van der Waals surface area contributed by atoms with Crippen molar-refractivity contribution in [3.8, 4) is 0 Å². The number of nitrogens with one attached hydrogen (secondary N) is 1. The molecule has 0 aliphatic heterocycles. The Labute approximate surface area is 83.6 Å². The second kappa shape index (κ2) is 5.42. The van der Waals surface area contributed by atoms with Crippen molar-refractivity contribution in [2.45, 2.75) is 39.0 Å². The number of aryl methyl sites for hydroxylation is 1. The lowest BCUT2D eigenvalue weighted by Crippen LogP contribution is -2.15. The fraction of sp³-hybridized carbons (Fsp3) is 0.600. The van der Waals surface area contributed by atoms with Crippen LogP contribution in [0.1, 0.15) is 38.2 Å². The molecule has 1 aromatic heterocycles. The Balaban J connectivity index is 2.47. The summed E-state index contributed by atoms with van der Waals surface area (Å²) in [6, 6.07) is 0. The smallest absolute Gasteiger partial charge is 0.255 e. The third kappa shape index (κ3) is 3.20. The number of hydrogen-bond acceptors (Lipinski definition) is 3. The normalized spacial score (nSPS) is 10.4. The second-order valence-electron chi connectivity index (χ2n) is 3.43. The first-order valence-electron chi connectivity index (χ1n) is 5.07. The van der Waals surface area contributed by atoms with Crippen LogP contribution in [0.15, 0.2) is 11.0 Å². The highest BCUT2D eigenvalue weighted by Gasteiger charge is 2.00. The highest BCUT2D eigenvalue weighted by molar-refractivity contribution is 5.17. The van der Waals surface area contributed by atoms with E-state index in [0.717, 1.165) is 18.4 Å². The lowest BCUT2D eigenvalue weighted by Gasteiger charge is -1.99. The van der Waals surface area contributed by atoms with Crippen molar-refractivity contribution in [1.82, 2.24) is 9.97 Å². The van der Waals surface area contributed by atoms with Gasteiger partial charge in [-0.25, -0.2) is 4.98 Å². The van der Waals surface area contributed by atoms with Crippen molar-refractivity contribution < 1.29 is 0 Å². The first-order chi connectivity index (χ1) is 6.74. The number of rotatable bonds is 5. The van der Waals surface area contributed by atoms with Crippen LogP contribution in [0.3, 0.4) is 0 Å². The Morgan fingerprint density at radius 1 is 1.43 bits per heavy atom. The summed E-state index contributed by atoms with van der Waals surface area (Å²) in [6.45, 7) is 2.16. The molecule has 0 fully saturated rings. The van der Waals surface area contributed by atoms with Gasteiger partial charge < -0.3 is 5.73 Å². The molecule has 78 valence electrons. The summed E-state index contributed by atoms with van der Waals surface area (Å²) in [5.74, 6) is 0.187. The maximum absolute atomic E-state index is 11.3. The van der Waals surface area contributed by atoms with Crippen LogP contribution >= 0.6 is 0 Å². The first-order valence-corrected chi connectivity index (χ1v) is 5.07. The number of unbranched alkanes of at least 4 members (excludes halogenated alkanes) is 3. The van der Waals surface area contributed by atoms with Crippen molar-refractivity contribution in [3.05, 3.63) is 22.1 Å². The number of aromatic nitrogens is 2. The predicted molar refractivity (Wildman–Crippen MR) is 57.1 cm³/mol. The largest absolute Gasteiger partial charge is 0.369 e. The van der Waals surface area contributed by atoms with Crippen LogP contribution in [0.25, 0.3) is 0 Å². The number of nitrogens with two attached hydrogens (primary N) is 1. The van der Waals surface area contributed by atoms with Crippen molar-refractivity contribution in [2.24, 2.45) is 0 Å². The number of nitrogens with zero attached hydrogens (tertiary/aromatic N) is 1. The third-order valence-corrected chi connectivity index (χ3v) is 2.19. The summed E-state index contributed by atoms with van der Waals surface area (Å²) in [5, 5.41) is 0. The van der Waals surface area contributed by atoms with E-state index >= 15 is 0 Å². The van der Waals surface area contributed by atoms with Crippen molar-refractivity contribution in [1.29, 1.82) is 0 Å². The second-order valence-corrected chi connectivity index (χ2v) is 3.43. The van der Waals surface area contributed by atoms with Gasteiger partial charge in [-0.05, 0) is 12.8 Å². The number of anilines is 1. The van der Waals surface area contributed by atoms with Crippen molar-refractivity contribution >= 4 is 5.95 Å². The van der Waals surface area contributed by atoms with Gasteiger partial charge in [0.25, 0.3) is 5.56 Å². The topological polar surface area (TPSA) is 71.8 Å². The molecule has 0 aliphatic carbocycles. The molecule has 0 atom stereocenters. The van der Waals surface area contributed by atoms with Crippen molar-refractivity contribution in [2.75, 3.05) is 5.73 Å². The van der Waals surface area contributed by atoms with Crippen LogP contribution in [0.2, 0.25) is 0 Å². The van der Waals surface area contributed by atoms with Gasteiger partial charge in [0.1, 0.15) is 0 Å². The summed E-state index contributed by atoms with van der Waals surface area (Å²) < 4.78 is 0. The van der Waals surface area contributed by atoms with Gasteiger partial charge in [-0.2, -0.15) is 0 Å². The van der Waals surface area contributed by atoms with E-state index in [-0.39, 0.29) is 11.5 Å². The van der Waals surface area contributed by atoms with Gasteiger partial charge in [-0.15, -0.1) is 0 Å². The standard InChI is InChI=1S/C10H17N3O/c1-2-3-4-5-6-8-7-12-10(11)13-9(8)14/h7H,2-6H2,1H3,(H3,11,12,13,14). The van der Waals surface area contributed by atoms with Crippen molar-refractivity contribution in [3.63, 3.8) is 0 Å². The molecule has 0 saturated carbocycles. The van der Waals surface area contributed by atoms with E-state index in [9.17, 15) is 4.79 Å². The van der Waals surface area contributed by atoms with E-state index in [2.05, 4.69) is 16.9 Å². The van der Waals surface area contributed by atoms with Gasteiger partial charge in [-0.3, -0.25) is 9.78 Å². The van der Waals surface area contributed by atoms with Gasteiger partial charge in [0.15, 0.2) is 5.95 Å². The molecule has 1 aromatic rings. The number of hydrogen-bond donors (Lipinski definition) is 2. The fourth-order valence-corrected chi connectivity index (χ4v) is 1.36. The van der Waals surface area contributed by atoms with E-state index in [1.165, 1.54) is 19.3 Å². The molecular formula is C10H17N3O. The monoisotopic (exact) mass is 195 g/mol. The Bertz CT molecular complexity index is 332. The molecule has 4 nitrogen and oxygen atoms in total. The first kappa shape index (κ1) is 10.8. The SMILES string of the molecule is CCCCCCc1cnc(N)[nH]c1=O. The molecule has 3 N–H and O–H groups in total. The van der Waals surface area contributed by atoms with E-state index in [1.807, 2.05) is 0 Å². The third-order valence-electron chi connectivity index (χ3n) is 2.19. The zero-order valence-corrected chi connectivity index (χ0v) is 8.55. The molecule has 14 heavy (non-hydrogen) atoms. The van der Waals surface area contributed by atoms with Gasteiger partial charge >= 0.3 is 0 Å². The van der Waals surface area contributed by atoms with Gasteiger partial charge in [0, 0.05) is 11.8 Å². The van der Waals surface area contributed by atoms with Crippen LogP contribution in [-0.4, -0.2) is 9.97 Å². The number of nitrogen functional groups attached to an aromatic ring is 1. The maximum atomic E-state index is 11.3. The zero-order chi connectivity index (χ0) is 10.4. The summed E-state index contributed by atoms with van der Waals surface area (Å²) in [6.07, 6.45) is 7.00. The molecule has 0 aromatic carbocycles. The Kier molecular flexibility index (Phi) is 4.16. The average Bonchev–Trinajstić information content (AvgIpc) is 2.15. The van der Waals surface area contributed by atoms with Crippen LogP contribution in [0.4, 0.5) is 5.95 Å². The summed E-state index contributed by atoms with van der Waals surface area (Å²) in [7, 11) is 0. The molecule has 0 unspecified atom stereocenters. The molecule has 0 bridgehead atoms. The van der Waals surface area contributed by atoms with E-state index in [0.29, 0.717) is 0 Å². The van der Waals surface area contributed by atoms with Crippen LogP contribution in [0.5, 0.6) is 0 Å². The Morgan fingerprint density at radius 2 is 2.21 bits per heavy atom. The quantitative estimate of drug-likeness (QED) is 0.699. The Hall–Kier alpha value is -1.32. The number of aromatic amines is 1. The van der Waals surface area contributed by atoms with Crippen LogP contribution in [0, 0.1) is 0 Å². The molecule has 0 spiro atoms. The Morgan fingerprint density at radius 3 is 2.86 bits per heavy atom. The fourth-order valence-electron chi connectivity index (χ4n) is 1.36. The lowest BCUT2D eigenvalue weighted by molar-refractivity contribution is 0.663. The minimum Gasteiger partial charge on any atom is -0.369 e. The van der Waals surface area contributed by atoms with Crippen LogP contribution in [-0.2, 0) is 6.42 Å². The van der Waals surface area contributed by atoms with Gasteiger partial charge in [0.05, 0.1) is 0 Å². The predicted octanol–water partition coefficient (Wildman–Crippen LogP) is 1.47. The maximum Gasteiger partial charge on any atom is 0.255 e. The van der Waals surface area contributed by atoms with E-state index in [1.54, 1.807) is 6.20 Å². The molecule has 1 rings (SSSR count). The zero-order valence-electron chi connectivity index (χ0n) is 8.55. The summed E-state index contributed by atoms with van der Waals surface area (Å²) in [5.41, 5.74) is 5.97. The number of H-pyrrole nitrogens is 1. The summed E-state index contributed by atoms with van der Waals surface area (Å²) >= 11 is 0.